The number of rotatable bonds is 3. The zero-order chi connectivity index (χ0) is 40.4. The largest absolute Gasteiger partial charge is 0.504 e. The third-order valence-electron chi connectivity index (χ3n) is 11.7. The highest BCUT2D eigenvalue weighted by Crippen LogP contribution is 2.62. The molecule has 0 unspecified atom stereocenters. The lowest BCUT2D eigenvalue weighted by Gasteiger charge is -2.23. The number of aromatic hydroxyl groups is 8. The van der Waals surface area contributed by atoms with E-state index >= 15 is 0 Å². The Morgan fingerprint density at radius 3 is 1.42 bits per heavy atom. The van der Waals surface area contributed by atoms with Gasteiger partial charge in [0.1, 0.15) is 11.2 Å². The van der Waals surface area contributed by atoms with Gasteiger partial charge in [-0.05, 0) is 78.8 Å². The van der Waals surface area contributed by atoms with Crippen molar-refractivity contribution in [1.29, 1.82) is 0 Å². The molecule has 0 saturated carbocycles. The van der Waals surface area contributed by atoms with E-state index in [4.69, 9.17) is 4.42 Å². The van der Waals surface area contributed by atoms with E-state index in [1.807, 2.05) is 84.9 Å². The first-order chi connectivity index (χ1) is 28.6. The third-order valence-corrected chi connectivity index (χ3v) is 11.7. The zero-order valence-corrected chi connectivity index (χ0v) is 30.7. The fourth-order valence-electron chi connectivity index (χ4n) is 9.01. The molecule has 0 fully saturated rings. The average molecular weight is 775 g/mol. The minimum absolute atomic E-state index is 0.00450. The number of hydrogen-bond donors (Lipinski definition) is 8. The second-order valence-corrected chi connectivity index (χ2v) is 14.8. The van der Waals surface area contributed by atoms with Gasteiger partial charge in [-0.3, -0.25) is 0 Å². The van der Waals surface area contributed by atoms with Crippen LogP contribution in [0.4, 0.5) is 0 Å². The molecule has 0 radical (unpaired) electrons. The maximum absolute atomic E-state index is 11.8. The molecule has 1 aromatic heterocycles. The Kier molecular flexibility index (Phi) is 6.97. The Labute approximate surface area is 333 Å². The summed E-state index contributed by atoms with van der Waals surface area (Å²) in [5.41, 5.74) is 3.75. The molecule has 59 heavy (non-hydrogen) atoms. The molecule has 11 rings (SSSR count). The van der Waals surface area contributed by atoms with Gasteiger partial charge in [0.15, 0.2) is 23.0 Å². The molecule has 10 aromatic carbocycles. The zero-order valence-electron chi connectivity index (χ0n) is 30.7. The summed E-state index contributed by atoms with van der Waals surface area (Å²) in [6, 6.07) is 41.8. The summed E-state index contributed by atoms with van der Waals surface area (Å²) in [6.45, 7) is 0. The molecule has 0 aliphatic carbocycles. The van der Waals surface area contributed by atoms with E-state index in [-0.39, 0.29) is 32.7 Å². The van der Waals surface area contributed by atoms with Crippen LogP contribution < -0.4 is 0 Å². The van der Waals surface area contributed by atoms with Crippen molar-refractivity contribution in [3.05, 3.63) is 133 Å². The summed E-state index contributed by atoms with van der Waals surface area (Å²) in [4.78, 5) is 0. The Morgan fingerprint density at radius 1 is 0.288 bits per heavy atom. The predicted octanol–water partition coefficient (Wildman–Crippen LogP) is 12.0. The first-order valence-electron chi connectivity index (χ1n) is 18.7. The van der Waals surface area contributed by atoms with Crippen LogP contribution in [0.5, 0.6) is 46.0 Å². The highest BCUT2D eigenvalue weighted by Gasteiger charge is 2.33. The van der Waals surface area contributed by atoms with Crippen LogP contribution >= 0.6 is 0 Å². The SMILES string of the molecule is Oc1c(O)c(O)c2c(-c3cccc4ccccc34)c3c(O)c(O)c(O)c(O)c3c(-c3ccc4cccc(-c5ccc6c(c5)oc5ccc7ccccc7c56)c4c3)c2c1O. The molecule has 0 saturated heterocycles. The van der Waals surface area contributed by atoms with Crippen molar-refractivity contribution < 1.29 is 45.3 Å². The van der Waals surface area contributed by atoms with Gasteiger partial charge in [-0.1, -0.05) is 109 Å². The van der Waals surface area contributed by atoms with Gasteiger partial charge in [-0.25, -0.2) is 0 Å². The lowest BCUT2D eigenvalue weighted by Crippen LogP contribution is -1.95. The summed E-state index contributed by atoms with van der Waals surface area (Å²) in [5.74, 6) is -7.44. The number of phenolic OH excluding ortho intramolecular Hbond substituents is 8. The number of hydrogen-bond acceptors (Lipinski definition) is 9. The van der Waals surface area contributed by atoms with Crippen molar-refractivity contribution >= 4 is 75.8 Å². The van der Waals surface area contributed by atoms with Gasteiger partial charge in [0.05, 0.1) is 0 Å². The number of fused-ring (bicyclic) bond motifs is 9. The van der Waals surface area contributed by atoms with Gasteiger partial charge in [0, 0.05) is 43.4 Å². The van der Waals surface area contributed by atoms with E-state index in [2.05, 4.69) is 12.1 Å². The molecular weight excluding hydrogens is 745 g/mol. The second kappa shape index (κ2) is 12.1. The predicted molar refractivity (Wildman–Crippen MR) is 231 cm³/mol. The first-order valence-corrected chi connectivity index (χ1v) is 18.7. The van der Waals surface area contributed by atoms with Gasteiger partial charge in [0.2, 0.25) is 23.0 Å². The van der Waals surface area contributed by atoms with Crippen LogP contribution in [0.1, 0.15) is 0 Å². The van der Waals surface area contributed by atoms with Crippen LogP contribution in [0.2, 0.25) is 0 Å². The summed E-state index contributed by atoms with van der Waals surface area (Å²) >= 11 is 0. The minimum atomic E-state index is -1.03. The summed E-state index contributed by atoms with van der Waals surface area (Å²) in [7, 11) is 0. The van der Waals surface area contributed by atoms with Crippen molar-refractivity contribution in [3.8, 4) is 79.4 Å². The van der Waals surface area contributed by atoms with Crippen LogP contribution in [0, 0.1) is 0 Å². The highest BCUT2D eigenvalue weighted by atomic mass is 16.4. The monoisotopic (exact) mass is 774 g/mol. The standard InChI is InChI=1S/C50H30O9/c51-43-39-36(27-16-15-25-10-5-13-29(33(25)21-27)26-17-19-32-35(22-26)59-34-20-18-24-8-2-4-12-30(24)37(32)34)40-42(46(54)50(58)48(56)44(40)52)38(41(39)45(53)49(57)47(43)55)31-14-6-9-23-7-1-3-11-28(23)31/h1-22,51-58H. The quantitative estimate of drug-likeness (QED) is 0.0493. The summed E-state index contributed by atoms with van der Waals surface area (Å²) in [5, 5.41) is 97.7. The Hall–Kier alpha value is -8.30. The van der Waals surface area contributed by atoms with Crippen LogP contribution in [-0.2, 0) is 0 Å². The van der Waals surface area contributed by atoms with E-state index in [9.17, 15) is 40.9 Å². The molecule has 9 heteroatoms. The highest BCUT2D eigenvalue weighted by molar-refractivity contribution is 6.30. The normalized spacial score (nSPS) is 11.9. The fraction of sp³-hybridized carbons (Fsp3) is 0. The maximum atomic E-state index is 11.8. The van der Waals surface area contributed by atoms with E-state index in [1.165, 1.54) is 0 Å². The van der Waals surface area contributed by atoms with E-state index in [0.29, 0.717) is 22.1 Å². The molecule has 9 nitrogen and oxygen atoms in total. The van der Waals surface area contributed by atoms with Crippen molar-refractivity contribution in [2.75, 3.05) is 0 Å². The lowest BCUT2D eigenvalue weighted by atomic mass is 9.82. The van der Waals surface area contributed by atoms with Crippen molar-refractivity contribution in [2.45, 2.75) is 0 Å². The van der Waals surface area contributed by atoms with E-state index in [0.717, 1.165) is 54.4 Å². The lowest BCUT2D eigenvalue weighted by molar-refractivity contribution is 0.350. The summed E-state index contributed by atoms with van der Waals surface area (Å²) in [6.07, 6.45) is 0. The van der Waals surface area contributed by atoms with Gasteiger partial charge in [-0.2, -0.15) is 0 Å². The Bertz CT molecular complexity index is 3570. The van der Waals surface area contributed by atoms with Crippen LogP contribution in [-0.4, -0.2) is 40.9 Å². The molecule has 0 atom stereocenters. The minimum Gasteiger partial charge on any atom is -0.504 e. The molecule has 0 aliphatic heterocycles. The third kappa shape index (κ3) is 4.61. The number of benzene rings is 10. The Balaban J connectivity index is 1.25. The van der Waals surface area contributed by atoms with Crippen LogP contribution in [0.3, 0.4) is 0 Å². The fourth-order valence-corrected chi connectivity index (χ4v) is 9.01. The van der Waals surface area contributed by atoms with E-state index < -0.39 is 46.0 Å². The van der Waals surface area contributed by atoms with Crippen LogP contribution in [0.15, 0.2) is 138 Å². The molecule has 284 valence electrons. The first kappa shape index (κ1) is 34.0. The smallest absolute Gasteiger partial charge is 0.204 e. The summed E-state index contributed by atoms with van der Waals surface area (Å²) < 4.78 is 6.40. The number of phenols is 8. The molecule has 1 heterocycles. The van der Waals surface area contributed by atoms with Gasteiger partial charge in [-0.15, -0.1) is 0 Å². The molecule has 0 spiro atoms. The number of furan rings is 1. The van der Waals surface area contributed by atoms with Gasteiger partial charge < -0.3 is 45.3 Å². The second-order valence-electron chi connectivity index (χ2n) is 14.8. The maximum Gasteiger partial charge on any atom is 0.204 e. The molecular formula is C50H30O9. The molecule has 8 N–H and O–H groups in total. The van der Waals surface area contributed by atoms with Crippen molar-refractivity contribution in [3.63, 3.8) is 0 Å². The van der Waals surface area contributed by atoms with Gasteiger partial charge in [0.25, 0.3) is 0 Å². The topological polar surface area (TPSA) is 175 Å². The van der Waals surface area contributed by atoms with Crippen molar-refractivity contribution in [2.24, 2.45) is 0 Å². The molecule has 0 bridgehead atoms. The average Bonchev–Trinajstić information content (AvgIpc) is 3.66. The van der Waals surface area contributed by atoms with Gasteiger partial charge >= 0.3 is 0 Å². The molecule has 0 aliphatic rings. The molecule has 11 aromatic rings. The molecule has 0 amide bonds. The van der Waals surface area contributed by atoms with E-state index in [1.54, 1.807) is 36.4 Å². The van der Waals surface area contributed by atoms with Crippen LogP contribution in [0.25, 0.3) is 109 Å². The van der Waals surface area contributed by atoms with Crippen molar-refractivity contribution in [1.82, 2.24) is 0 Å². The Morgan fingerprint density at radius 2 is 0.780 bits per heavy atom.